The molecule has 4 unspecified atom stereocenters. The van der Waals surface area contributed by atoms with Crippen molar-refractivity contribution in [3.8, 4) is 5.75 Å². The Morgan fingerprint density at radius 1 is 1.22 bits per heavy atom. The first-order valence-corrected chi connectivity index (χ1v) is 14.3. The van der Waals surface area contributed by atoms with Crippen LogP contribution in [0.25, 0.3) is 0 Å². The number of amides is 3. The highest BCUT2D eigenvalue weighted by Gasteiger charge is 2.48. The van der Waals surface area contributed by atoms with Crippen molar-refractivity contribution in [2.24, 2.45) is 5.92 Å². The second kappa shape index (κ2) is 13.8. The molecule has 3 N–H and O–H groups in total. The van der Waals surface area contributed by atoms with Gasteiger partial charge in [-0.05, 0) is 64.0 Å². The molecule has 1 aliphatic rings. The Labute approximate surface area is 219 Å². The van der Waals surface area contributed by atoms with Gasteiger partial charge in [0, 0.05) is 18.2 Å². The highest BCUT2D eigenvalue weighted by atomic mass is 32.2. The van der Waals surface area contributed by atoms with Crippen LogP contribution in [-0.2, 0) is 14.3 Å². The number of benzene rings is 1. The summed E-state index contributed by atoms with van der Waals surface area (Å²) < 4.78 is 5.42. The van der Waals surface area contributed by atoms with E-state index in [0.717, 1.165) is 25.7 Å². The zero-order valence-corrected chi connectivity index (χ0v) is 23.3. The number of ether oxygens (including phenoxy) is 1. The molecular formula is C27H43N3O5S. The van der Waals surface area contributed by atoms with E-state index in [4.69, 9.17) is 4.74 Å². The smallest absolute Gasteiger partial charge is 0.408 e. The monoisotopic (exact) mass is 521 g/mol. The number of phenolic OH excluding ortho intramolecular Hbond substituents is 1. The quantitative estimate of drug-likeness (QED) is 0.327. The summed E-state index contributed by atoms with van der Waals surface area (Å²) in [5, 5.41) is 16.4. The predicted molar refractivity (Wildman–Crippen MR) is 144 cm³/mol. The maximum absolute atomic E-state index is 14.1. The maximum Gasteiger partial charge on any atom is 0.408 e. The van der Waals surface area contributed by atoms with Gasteiger partial charge in [0.1, 0.15) is 23.4 Å². The summed E-state index contributed by atoms with van der Waals surface area (Å²) in [6, 6.07) is 4.60. The van der Waals surface area contributed by atoms with E-state index in [-0.39, 0.29) is 29.5 Å². The lowest BCUT2D eigenvalue weighted by atomic mass is 10.0. The minimum absolute atomic E-state index is 0.0434. The van der Waals surface area contributed by atoms with Crippen molar-refractivity contribution in [2.45, 2.75) is 90.4 Å². The summed E-state index contributed by atoms with van der Waals surface area (Å²) in [6.07, 6.45) is 5.25. The lowest BCUT2D eigenvalue weighted by Crippen LogP contribution is -2.54. The van der Waals surface area contributed by atoms with Crippen LogP contribution >= 0.6 is 11.8 Å². The van der Waals surface area contributed by atoms with Gasteiger partial charge in [0.05, 0.1) is 0 Å². The number of nitrogens with zero attached hydrogens (tertiary/aromatic N) is 1. The third-order valence-electron chi connectivity index (χ3n) is 6.12. The van der Waals surface area contributed by atoms with E-state index < -0.39 is 23.8 Å². The van der Waals surface area contributed by atoms with Crippen molar-refractivity contribution in [1.29, 1.82) is 0 Å². The number of phenols is 1. The zero-order chi connectivity index (χ0) is 26.9. The predicted octanol–water partition coefficient (Wildman–Crippen LogP) is 4.62. The van der Waals surface area contributed by atoms with Crippen molar-refractivity contribution in [3.05, 3.63) is 29.8 Å². The van der Waals surface area contributed by atoms with Crippen LogP contribution in [0.5, 0.6) is 5.75 Å². The largest absolute Gasteiger partial charge is 0.508 e. The maximum atomic E-state index is 14.1. The van der Waals surface area contributed by atoms with Gasteiger partial charge in [0.15, 0.2) is 0 Å². The zero-order valence-electron chi connectivity index (χ0n) is 22.5. The third-order valence-corrected chi connectivity index (χ3v) is 6.76. The van der Waals surface area contributed by atoms with Crippen molar-refractivity contribution < 1.29 is 24.2 Å². The Kier molecular flexibility index (Phi) is 11.4. The Morgan fingerprint density at radius 2 is 1.89 bits per heavy atom. The van der Waals surface area contributed by atoms with E-state index >= 15 is 0 Å². The van der Waals surface area contributed by atoms with Crippen molar-refractivity contribution in [2.75, 3.05) is 18.6 Å². The Morgan fingerprint density at radius 3 is 2.44 bits per heavy atom. The number of carbonyl (C=O) groups is 3. The normalized spacial score (nSPS) is 18.6. The molecule has 0 heterocycles. The molecule has 1 aromatic rings. The van der Waals surface area contributed by atoms with Crippen LogP contribution in [0.3, 0.4) is 0 Å². The van der Waals surface area contributed by atoms with Crippen LogP contribution in [0, 0.1) is 5.92 Å². The Hall–Kier alpha value is -2.42. The second-order valence-corrected chi connectivity index (χ2v) is 11.5. The molecule has 36 heavy (non-hydrogen) atoms. The Balaban J connectivity index is 2.42. The molecule has 4 atom stereocenters. The molecule has 1 aliphatic carbocycles. The standard InChI is InChI=1S/C27H43N3O5S/c1-7-8-11-15-28-24(32)23(19-12-9-10-13-22(19)31)30(21-17-18(21)2)25(33)20(14-16-36-6)29-26(34)35-27(3,4)5/h9-10,12-13,18,20-21,23,31H,7-8,11,14-17H2,1-6H3,(H,28,32)(H,29,34). The van der Waals surface area contributed by atoms with Crippen LogP contribution in [0.1, 0.15) is 78.3 Å². The molecule has 0 spiro atoms. The van der Waals surface area contributed by atoms with E-state index in [1.165, 1.54) is 6.07 Å². The summed E-state index contributed by atoms with van der Waals surface area (Å²) in [5.41, 5.74) is -0.336. The van der Waals surface area contributed by atoms with E-state index in [9.17, 15) is 19.5 Å². The lowest BCUT2D eigenvalue weighted by molar-refractivity contribution is -0.143. The van der Waals surface area contributed by atoms with Crippen LogP contribution in [0.2, 0.25) is 0 Å². The SMILES string of the molecule is CCCCCNC(=O)C(c1ccccc1O)N(C(=O)C(CCSC)NC(=O)OC(C)(C)C)C1CC1C. The van der Waals surface area contributed by atoms with Crippen molar-refractivity contribution in [3.63, 3.8) is 0 Å². The number of nitrogens with one attached hydrogen (secondary N) is 2. The molecule has 9 heteroatoms. The van der Waals surface area contributed by atoms with E-state index in [2.05, 4.69) is 17.6 Å². The average Bonchev–Trinajstić information content (AvgIpc) is 3.52. The minimum Gasteiger partial charge on any atom is -0.508 e. The van der Waals surface area contributed by atoms with Gasteiger partial charge in [0.25, 0.3) is 0 Å². The number of thioether (sulfide) groups is 1. The fourth-order valence-corrected chi connectivity index (χ4v) is 4.59. The molecule has 0 aromatic heterocycles. The molecule has 3 amide bonds. The number of alkyl carbamates (subject to hydrolysis) is 1. The molecule has 0 radical (unpaired) electrons. The first kappa shape index (κ1) is 29.8. The molecule has 0 aliphatic heterocycles. The topological polar surface area (TPSA) is 108 Å². The molecular weight excluding hydrogens is 478 g/mol. The number of aromatic hydroxyl groups is 1. The van der Waals surface area contributed by atoms with E-state index in [1.807, 2.05) is 13.2 Å². The van der Waals surface area contributed by atoms with E-state index in [1.54, 1.807) is 55.6 Å². The highest BCUT2D eigenvalue weighted by Crippen LogP contribution is 2.42. The fraction of sp³-hybridized carbons (Fsp3) is 0.667. The van der Waals surface area contributed by atoms with Gasteiger partial charge >= 0.3 is 6.09 Å². The molecule has 1 fully saturated rings. The van der Waals surface area contributed by atoms with Crippen LogP contribution < -0.4 is 10.6 Å². The molecule has 0 saturated heterocycles. The van der Waals surface area contributed by atoms with Crippen molar-refractivity contribution in [1.82, 2.24) is 15.5 Å². The van der Waals surface area contributed by atoms with Gasteiger partial charge in [-0.15, -0.1) is 0 Å². The molecule has 1 aromatic carbocycles. The number of unbranched alkanes of at least 4 members (excludes halogenated alkanes) is 2. The summed E-state index contributed by atoms with van der Waals surface area (Å²) in [6.45, 7) is 9.91. The van der Waals surface area contributed by atoms with Gasteiger partial charge in [-0.1, -0.05) is 44.9 Å². The molecule has 1 saturated carbocycles. The van der Waals surface area contributed by atoms with E-state index in [0.29, 0.717) is 24.3 Å². The Bertz CT molecular complexity index is 888. The fourth-order valence-electron chi connectivity index (χ4n) is 4.11. The number of rotatable bonds is 13. The summed E-state index contributed by atoms with van der Waals surface area (Å²) >= 11 is 1.57. The van der Waals surface area contributed by atoms with Gasteiger partial charge < -0.3 is 25.4 Å². The highest BCUT2D eigenvalue weighted by molar-refractivity contribution is 7.98. The van der Waals surface area contributed by atoms with Crippen molar-refractivity contribution >= 4 is 29.7 Å². The number of hydrogen-bond acceptors (Lipinski definition) is 6. The van der Waals surface area contributed by atoms with Gasteiger partial charge in [-0.3, -0.25) is 9.59 Å². The third kappa shape index (κ3) is 8.91. The summed E-state index contributed by atoms with van der Waals surface area (Å²) in [7, 11) is 0. The number of para-hydroxylation sites is 1. The van der Waals surface area contributed by atoms with Gasteiger partial charge in [-0.2, -0.15) is 11.8 Å². The number of hydrogen-bond donors (Lipinski definition) is 3. The van der Waals surface area contributed by atoms with Gasteiger partial charge in [-0.25, -0.2) is 4.79 Å². The molecule has 8 nitrogen and oxygen atoms in total. The second-order valence-electron chi connectivity index (χ2n) is 10.5. The first-order valence-electron chi connectivity index (χ1n) is 12.9. The van der Waals surface area contributed by atoms with Crippen LogP contribution in [0.15, 0.2) is 24.3 Å². The summed E-state index contributed by atoms with van der Waals surface area (Å²) in [5.74, 6) is 0.128. The summed E-state index contributed by atoms with van der Waals surface area (Å²) in [4.78, 5) is 41.8. The average molecular weight is 522 g/mol. The molecule has 202 valence electrons. The molecule has 0 bridgehead atoms. The van der Waals surface area contributed by atoms with Crippen LogP contribution in [0.4, 0.5) is 4.79 Å². The van der Waals surface area contributed by atoms with Crippen LogP contribution in [-0.4, -0.2) is 64.2 Å². The molecule has 2 rings (SSSR count). The first-order chi connectivity index (χ1) is 17.0. The lowest BCUT2D eigenvalue weighted by Gasteiger charge is -2.35. The number of carbonyl (C=O) groups excluding carboxylic acids is 3. The van der Waals surface area contributed by atoms with Gasteiger partial charge in [0.2, 0.25) is 11.8 Å². The minimum atomic E-state index is -1.01.